The van der Waals surface area contributed by atoms with Crippen molar-refractivity contribution in [1.29, 1.82) is 0 Å². The molecule has 1 aromatic carbocycles. The van der Waals surface area contributed by atoms with E-state index in [2.05, 4.69) is 5.10 Å². The van der Waals surface area contributed by atoms with Gasteiger partial charge in [0.2, 0.25) is 0 Å². The molecule has 0 N–H and O–H groups in total. The molecule has 0 saturated heterocycles. The molecular formula is C13H13Cl2N3O2. The third-order valence-corrected chi connectivity index (χ3v) is 3.73. The van der Waals surface area contributed by atoms with Crippen molar-refractivity contribution in [3.8, 4) is 0 Å². The monoisotopic (exact) mass is 313 g/mol. The first-order chi connectivity index (χ1) is 9.43. The predicted molar refractivity (Wildman–Crippen MR) is 78.5 cm³/mol. The molecule has 2 rings (SSSR count). The second-order valence-corrected chi connectivity index (χ2v) is 5.17. The number of nitro groups is 1. The van der Waals surface area contributed by atoms with Crippen LogP contribution in [0.5, 0.6) is 0 Å². The lowest BCUT2D eigenvalue weighted by molar-refractivity contribution is -0.385. The van der Waals surface area contributed by atoms with Gasteiger partial charge in [-0.15, -0.1) is 11.6 Å². The summed E-state index contributed by atoms with van der Waals surface area (Å²) in [6, 6.07) is 4.64. The zero-order chi connectivity index (χ0) is 14.9. The number of nitro benzene ring substituents is 1. The van der Waals surface area contributed by atoms with E-state index < -0.39 is 4.92 Å². The van der Waals surface area contributed by atoms with Crippen LogP contribution in [0.3, 0.4) is 0 Å². The Balaban J connectivity index is 2.42. The minimum absolute atomic E-state index is 0.00234. The molecule has 0 saturated carbocycles. The molecule has 0 spiro atoms. The van der Waals surface area contributed by atoms with Crippen LogP contribution in [0.2, 0.25) is 5.02 Å². The van der Waals surface area contributed by atoms with Gasteiger partial charge in [-0.3, -0.25) is 14.8 Å². The number of alkyl halides is 1. The maximum atomic E-state index is 11.1. The van der Waals surface area contributed by atoms with Crippen LogP contribution in [0.15, 0.2) is 18.2 Å². The van der Waals surface area contributed by atoms with Crippen molar-refractivity contribution in [2.45, 2.75) is 26.3 Å². The van der Waals surface area contributed by atoms with Crippen LogP contribution in [-0.2, 0) is 12.4 Å². The highest BCUT2D eigenvalue weighted by molar-refractivity contribution is 6.30. The molecule has 0 unspecified atom stereocenters. The maximum Gasteiger partial charge on any atom is 0.275 e. The first kappa shape index (κ1) is 14.8. The zero-order valence-electron chi connectivity index (χ0n) is 11.1. The normalized spacial score (nSPS) is 10.8. The van der Waals surface area contributed by atoms with Crippen molar-refractivity contribution in [2.75, 3.05) is 0 Å². The number of hydrogen-bond acceptors (Lipinski definition) is 3. The minimum atomic E-state index is -0.435. The summed E-state index contributed by atoms with van der Waals surface area (Å²) in [6.45, 7) is 4.09. The van der Waals surface area contributed by atoms with E-state index in [9.17, 15) is 10.1 Å². The maximum absolute atomic E-state index is 11.1. The Hall–Kier alpha value is -1.59. The van der Waals surface area contributed by atoms with Crippen LogP contribution >= 0.6 is 23.2 Å². The van der Waals surface area contributed by atoms with Gasteiger partial charge in [0.15, 0.2) is 0 Å². The van der Waals surface area contributed by atoms with Gasteiger partial charge in [0.05, 0.1) is 28.6 Å². The molecule has 0 amide bonds. The van der Waals surface area contributed by atoms with E-state index in [-0.39, 0.29) is 5.69 Å². The Morgan fingerprint density at radius 3 is 2.65 bits per heavy atom. The van der Waals surface area contributed by atoms with E-state index in [4.69, 9.17) is 23.2 Å². The first-order valence-corrected chi connectivity index (χ1v) is 6.87. The molecule has 0 aliphatic heterocycles. The second kappa shape index (κ2) is 5.81. The fourth-order valence-electron chi connectivity index (χ4n) is 2.08. The molecule has 7 heteroatoms. The molecule has 5 nitrogen and oxygen atoms in total. The quantitative estimate of drug-likeness (QED) is 0.489. The van der Waals surface area contributed by atoms with Gasteiger partial charge >= 0.3 is 0 Å². The van der Waals surface area contributed by atoms with E-state index in [0.29, 0.717) is 23.0 Å². The lowest BCUT2D eigenvalue weighted by Gasteiger charge is -2.06. The van der Waals surface area contributed by atoms with Crippen LogP contribution in [0.1, 0.15) is 22.5 Å². The first-order valence-electron chi connectivity index (χ1n) is 5.95. The Morgan fingerprint density at radius 2 is 2.10 bits per heavy atom. The molecule has 0 aliphatic carbocycles. The Labute approximate surface area is 126 Å². The van der Waals surface area contributed by atoms with Gasteiger partial charge in [0, 0.05) is 22.3 Å². The molecule has 2 aromatic rings. The summed E-state index contributed by atoms with van der Waals surface area (Å²) in [5.74, 6) is 0.375. The fourth-order valence-corrected chi connectivity index (χ4v) is 2.64. The van der Waals surface area contributed by atoms with E-state index in [1.807, 2.05) is 13.8 Å². The number of aryl methyl sites for hydroxylation is 1. The lowest BCUT2D eigenvalue weighted by atomic mass is 10.1. The van der Waals surface area contributed by atoms with Crippen molar-refractivity contribution in [2.24, 2.45) is 0 Å². The summed E-state index contributed by atoms with van der Waals surface area (Å²) in [6.07, 6.45) is 0. The number of aromatic nitrogens is 2. The third kappa shape index (κ3) is 2.78. The summed E-state index contributed by atoms with van der Waals surface area (Å²) in [5, 5.41) is 15.8. The lowest BCUT2D eigenvalue weighted by Crippen LogP contribution is -2.06. The highest BCUT2D eigenvalue weighted by Gasteiger charge is 2.17. The minimum Gasteiger partial charge on any atom is -0.265 e. The summed E-state index contributed by atoms with van der Waals surface area (Å²) in [7, 11) is 0. The largest absolute Gasteiger partial charge is 0.275 e. The Kier molecular flexibility index (Phi) is 4.30. The molecule has 106 valence electrons. The number of benzene rings is 1. The highest BCUT2D eigenvalue weighted by Crippen LogP contribution is 2.25. The molecule has 20 heavy (non-hydrogen) atoms. The topological polar surface area (TPSA) is 61.0 Å². The molecule has 0 aliphatic rings. The van der Waals surface area contributed by atoms with Crippen molar-refractivity contribution >= 4 is 28.9 Å². The zero-order valence-corrected chi connectivity index (χ0v) is 12.6. The number of rotatable bonds is 4. The molecule has 0 atom stereocenters. The summed E-state index contributed by atoms with van der Waals surface area (Å²) in [5.41, 5.74) is 3.28. The highest BCUT2D eigenvalue weighted by atomic mass is 35.5. The summed E-state index contributed by atoms with van der Waals surface area (Å²) in [4.78, 5) is 10.6. The SMILES string of the molecule is Cc1nn(Cc2ccc(Cl)cc2[N+](=O)[O-])c(C)c1CCl. The van der Waals surface area contributed by atoms with Gasteiger partial charge in [0.25, 0.3) is 5.69 Å². The van der Waals surface area contributed by atoms with Crippen molar-refractivity contribution in [3.63, 3.8) is 0 Å². The molecule has 0 radical (unpaired) electrons. The molecular weight excluding hydrogens is 301 g/mol. The van der Waals surface area contributed by atoms with Gasteiger partial charge in [-0.1, -0.05) is 11.6 Å². The predicted octanol–water partition coefficient (Wildman–Crippen LogP) is 3.85. The fraction of sp³-hybridized carbons (Fsp3) is 0.308. The molecule has 0 bridgehead atoms. The number of nitrogens with zero attached hydrogens (tertiary/aromatic N) is 3. The van der Waals surface area contributed by atoms with Gasteiger partial charge in [0.1, 0.15) is 0 Å². The van der Waals surface area contributed by atoms with Gasteiger partial charge in [-0.25, -0.2) is 0 Å². The average molecular weight is 314 g/mol. The van der Waals surface area contributed by atoms with Crippen LogP contribution in [0.25, 0.3) is 0 Å². The van der Waals surface area contributed by atoms with Gasteiger partial charge in [-0.05, 0) is 26.0 Å². The van der Waals surface area contributed by atoms with Gasteiger partial charge < -0.3 is 0 Å². The smallest absolute Gasteiger partial charge is 0.265 e. The van der Waals surface area contributed by atoms with Crippen molar-refractivity contribution in [3.05, 3.63) is 55.9 Å². The van der Waals surface area contributed by atoms with E-state index in [1.54, 1.807) is 16.8 Å². The van der Waals surface area contributed by atoms with E-state index >= 15 is 0 Å². The van der Waals surface area contributed by atoms with Crippen molar-refractivity contribution in [1.82, 2.24) is 9.78 Å². The van der Waals surface area contributed by atoms with Crippen LogP contribution in [0.4, 0.5) is 5.69 Å². The third-order valence-electron chi connectivity index (χ3n) is 3.23. The molecule has 0 fully saturated rings. The molecule has 1 heterocycles. The summed E-state index contributed by atoms with van der Waals surface area (Å²) >= 11 is 11.7. The van der Waals surface area contributed by atoms with Crippen LogP contribution in [0, 0.1) is 24.0 Å². The summed E-state index contributed by atoms with van der Waals surface area (Å²) < 4.78 is 1.73. The van der Waals surface area contributed by atoms with Crippen LogP contribution in [-0.4, -0.2) is 14.7 Å². The second-order valence-electron chi connectivity index (χ2n) is 4.47. The standard InChI is InChI=1S/C13H13Cl2N3O2/c1-8-12(6-14)9(2)17(16-8)7-10-3-4-11(15)5-13(10)18(19)20/h3-5H,6-7H2,1-2H3. The number of hydrogen-bond donors (Lipinski definition) is 0. The molecule has 1 aromatic heterocycles. The Bertz CT molecular complexity index is 668. The van der Waals surface area contributed by atoms with Gasteiger partial charge in [-0.2, -0.15) is 5.10 Å². The van der Waals surface area contributed by atoms with Crippen molar-refractivity contribution < 1.29 is 4.92 Å². The van der Waals surface area contributed by atoms with E-state index in [0.717, 1.165) is 17.0 Å². The van der Waals surface area contributed by atoms with Crippen LogP contribution < -0.4 is 0 Å². The number of halogens is 2. The Morgan fingerprint density at radius 1 is 1.40 bits per heavy atom. The average Bonchev–Trinajstić information content (AvgIpc) is 2.66. The van der Waals surface area contributed by atoms with E-state index in [1.165, 1.54) is 6.07 Å².